The molecular weight excluding hydrogens is 771 g/mol. The fourth-order valence-electron chi connectivity index (χ4n) is 10.5. The number of fused-ring (bicyclic) bond motifs is 10. The van der Waals surface area contributed by atoms with Crippen LogP contribution in [0.4, 0.5) is 0 Å². The zero-order chi connectivity index (χ0) is 42.8. The van der Waals surface area contributed by atoms with Gasteiger partial charge in [-0.2, -0.15) is 0 Å². The lowest BCUT2D eigenvalue weighted by Crippen LogP contribution is -2.15. The maximum absolute atomic E-state index is 2.58. The van der Waals surface area contributed by atoms with Crippen LogP contribution in [-0.2, 0) is 5.41 Å². The van der Waals surface area contributed by atoms with E-state index in [-0.39, 0.29) is 5.41 Å². The second kappa shape index (κ2) is 15.1. The van der Waals surface area contributed by atoms with Crippen LogP contribution in [0.25, 0.3) is 105 Å². The van der Waals surface area contributed by atoms with Gasteiger partial charge >= 0.3 is 0 Å². The van der Waals surface area contributed by atoms with Crippen molar-refractivity contribution >= 4 is 43.4 Å². The molecule has 0 atom stereocenters. The van der Waals surface area contributed by atoms with Gasteiger partial charge in [-0.3, -0.25) is 0 Å². The fourth-order valence-corrected chi connectivity index (χ4v) is 10.5. The van der Waals surface area contributed by atoms with E-state index in [2.05, 4.69) is 255 Å². The van der Waals surface area contributed by atoms with Gasteiger partial charge in [0.15, 0.2) is 0 Å². The molecular formula is C63H45N. The molecule has 10 aromatic carbocycles. The largest absolute Gasteiger partial charge is 0.309 e. The van der Waals surface area contributed by atoms with Gasteiger partial charge in [0.1, 0.15) is 0 Å². The van der Waals surface area contributed by atoms with Crippen LogP contribution in [-0.4, -0.2) is 4.57 Å². The summed E-state index contributed by atoms with van der Waals surface area (Å²) in [6, 6.07) is 87.6. The Labute approximate surface area is 374 Å². The first kappa shape index (κ1) is 37.7. The van der Waals surface area contributed by atoms with Crippen LogP contribution in [0.1, 0.15) is 25.0 Å². The molecule has 0 saturated heterocycles. The second-order valence-corrected chi connectivity index (χ2v) is 17.7. The minimum atomic E-state index is -0.159. The number of hydrogen-bond acceptors (Lipinski definition) is 0. The SMILES string of the molecule is CC1(C)c2ccccc2-c2c(-n3c4ccc(-c5cccc(-c6ccccc6)c5)cc4c4ccccc4c4ccccc4c4cc(-c5cccc(-c6ccccc6)c5)ccc43)cccc21. The summed E-state index contributed by atoms with van der Waals surface area (Å²) in [4.78, 5) is 0. The average molecular weight is 816 g/mol. The number of nitrogens with zero attached hydrogens (tertiary/aromatic N) is 1. The second-order valence-electron chi connectivity index (χ2n) is 17.7. The Morgan fingerprint density at radius 1 is 0.281 bits per heavy atom. The van der Waals surface area contributed by atoms with Gasteiger partial charge in [0.2, 0.25) is 0 Å². The van der Waals surface area contributed by atoms with Crippen LogP contribution in [0.3, 0.4) is 0 Å². The molecule has 0 spiro atoms. The summed E-state index contributed by atoms with van der Waals surface area (Å²) in [6.07, 6.45) is 0. The maximum atomic E-state index is 2.58. The van der Waals surface area contributed by atoms with Gasteiger partial charge in [0.05, 0.1) is 16.7 Å². The molecule has 302 valence electrons. The molecule has 0 N–H and O–H groups in total. The van der Waals surface area contributed by atoms with Crippen molar-refractivity contribution in [2.75, 3.05) is 0 Å². The number of rotatable bonds is 5. The maximum Gasteiger partial charge on any atom is 0.0543 e. The van der Waals surface area contributed by atoms with E-state index in [4.69, 9.17) is 0 Å². The Kier molecular flexibility index (Phi) is 8.91. The van der Waals surface area contributed by atoms with E-state index in [1.165, 1.54) is 105 Å². The highest BCUT2D eigenvalue weighted by Crippen LogP contribution is 2.51. The minimum Gasteiger partial charge on any atom is -0.309 e. The molecule has 0 unspecified atom stereocenters. The summed E-state index contributed by atoms with van der Waals surface area (Å²) < 4.78 is 2.58. The summed E-state index contributed by atoms with van der Waals surface area (Å²) in [7, 11) is 0. The van der Waals surface area contributed by atoms with Crippen molar-refractivity contribution < 1.29 is 0 Å². The van der Waals surface area contributed by atoms with Crippen LogP contribution in [0, 0.1) is 0 Å². The van der Waals surface area contributed by atoms with Crippen LogP contribution < -0.4 is 0 Å². The normalized spacial score (nSPS) is 12.7. The van der Waals surface area contributed by atoms with Crippen molar-refractivity contribution in [2.45, 2.75) is 19.3 Å². The van der Waals surface area contributed by atoms with Crippen molar-refractivity contribution in [1.29, 1.82) is 0 Å². The first-order valence-electron chi connectivity index (χ1n) is 22.3. The van der Waals surface area contributed by atoms with Crippen LogP contribution in [0.2, 0.25) is 0 Å². The lowest BCUT2D eigenvalue weighted by atomic mass is 9.82. The van der Waals surface area contributed by atoms with E-state index in [9.17, 15) is 0 Å². The molecule has 1 aliphatic rings. The van der Waals surface area contributed by atoms with E-state index in [1.54, 1.807) is 0 Å². The Morgan fingerprint density at radius 3 is 1.17 bits per heavy atom. The van der Waals surface area contributed by atoms with E-state index >= 15 is 0 Å². The first-order valence-corrected chi connectivity index (χ1v) is 22.3. The van der Waals surface area contributed by atoms with Crippen molar-refractivity contribution in [1.82, 2.24) is 4.57 Å². The van der Waals surface area contributed by atoms with Crippen LogP contribution in [0.5, 0.6) is 0 Å². The molecule has 0 saturated carbocycles. The molecule has 1 heterocycles. The van der Waals surface area contributed by atoms with Crippen LogP contribution >= 0.6 is 0 Å². The van der Waals surface area contributed by atoms with Gasteiger partial charge in [-0.1, -0.05) is 208 Å². The Balaban J connectivity index is 1.24. The van der Waals surface area contributed by atoms with Gasteiger partial charge < -0.3 is 4.57 Å². The molecule has 64 heavy (non-hydrogen) atoms. The minimum absolute atomic E-state index is 0.159. The molecule has 11 aromatic rings. The highest BCUT2D eigenvalue weighted by Gasteiger charge is 2.37. The fraction of sp³-hybridized carbons (Fsp3) is 0.0476. The highest BCUT2D eigenvalue weighted by atomic mass is 15.0. The summed E-state index contributed by atoms with van der Waals surface area (Å²) in [5, 5.41) is 7.19. The van der Waals surface area contributed by atoms with E-state index in [0.29, 0.717) is 0 Å². The predicted molar refractivity (Wildman–Crippen MR) is 273 cm³/mol. The molecule has 0 fully saturated rings. The average Bonchev–Trinajstić information content (AvgIpc) is 3.62. The molecule has 0 amide bonds. The summed E-state index contributed by atoms with van der Waals surface area (Å²) >= 11 is 0. The molecule has 1 aromatic heterocycles. The van der Waals surface area contributed by atoms with Gasteiger partial charge in [-0.05, 0) is 125 Å². The van der Waals surface area contributed by atoms with Crippen molar-refractivity contribution in [3.05, 3.63) is 248 Å². The molecule has 1 heteroatoms. The van der Waals surface area contributed by atoms with E-state index in [1.807, 2.05) is 0 Å². The molecule has 12 rings (SSSR count). The number of benzene rings is 10. The van der Waals surface area contributed by atoms with Gasteiger partial charge in [0, 0.05) is 21.8 Å². The zero-order valence-corrected chi connectivity index (χ0v) is 36.0. The lowest BCUT2D eigenvalue weighted by molar-refractivity contribution is 0.660. The predicted octanol–water partition coefficient (Wildman–Crippen LogP) is 17.2. The lowest BCUT2D eigenvalue weighted by Gasteiger charge is -2.22. The third-order valence-corrected chi connectivity index (χ3v) is 13.6. The van der Waals surface area contributed by atoms with Crippen molar-refractivity contribution in [3.8, 4) is 61.3 Å². The monoisotopic (exact) mass is 815 g/mol. The Bertz CT molecular complexity index is 3490. The van der Waals surface area contributed by atoms with Crippen molar-refractivity contribution in [2.24, 2.45) is 0 Å². The number of hydrogen-bond donors (Lipinski definition) is 0. The topological polar surface area (TPSA) is 4.93 Å². The quantitative estimate of drug-likeness (QED) is 0.163. The van der Waals surface area contributed by atoms with Crippen LogP contribution in [0.15, 0.2) is 237 Å². The third-order valence-electron chi connectivity index (χ3n) is 13.6. The number of aromatic nitrogens is 1. The van der Waals surface area contributed by atoms with Gasteiger partial charge in [-0.15, -0.1) is 0 Å². The third kappa shape index (κ3) is 6.15. The zero-order valence-electron chi connectivity index (χ0n) is 36.0. The summed E-state index contributed by atoms with van der Waals surface area (Å²) in [6.45, 7) is 4.75. The first-order chi connectivity index (χ1) is 31.5. The van der Waals surface area contributed by atoms with Gasteiger partial charge in [-0.25, -0.2) is 0 Å². The Hall–Kier alpha value is -8.00. The summed E-state index contributed by atoms with van der Waals surface area (Å²) in [5.41, 5.74) is 18.2. The standard InChI is InChI=1S/C63H45N/c1-63(2)57-31-14-13-30-54(57)62-58(63)32-17-33-61(62)64-59-36-34-48(46-24-15-22-44(38-46)42-18-5-3-6-19-42)40-55(59)52-28-11-9-26-50(52)51-27-10-12-29-53(51)56-41-49(35-37-60(56)64)47-25-16-23-45(39-47)43-20-7-4-8-21-43/h3-41H,1-2H3. The molecule has 1 aliphatic carbocycles. The molecule has 0 radical (unpaired) electrons. The summed E-state index contributed by atoms with van der Waals surface area (Å²) in [5.74, 6) is 0. The van der Waals surface area contributed by atoms with E-state index < -0.39 is 0 Å². The molecule has 0 aliphatic heterocycles. The molecule has 1 nitrogen and oxygen atoms in total. The smallest absolute Gasteiger partial charge is 0.0543 e. The highest BCUT2D eigenvalue weighted by molar-refractivity contribution is 6.20. The van der Waals surface area contributed by atoms with Crippen molar-refractivity contribution in [3.63, 3.8) is 0 Å². The van der Waals surface area contributed by atoms with Gasteiger partial charge in [0.25, 0.3) is 0 Å². The Morgan fingerprint density at radius 2 is 0.656 bits per heavy atom. The molecule has 0 bridgehead atoms. The van der Waals surface area contributed by atoms with E-state index in [0.717, 1.165) is 11.0 Å².